The molecule has 0 N–H and O–H groups in total. The van der Waals surface area contributed by atoms with Crippen molar-refractivity contribution in [2.75, 3.05) is 6.61 Å². The summed E-state index contributed by atoms with van der Waals surface area (Å²) in [5, 5.41) is 0. The number of ether oxygens (including phenoxy) is 2. The molecule has 1 unspecified atom stereocenters. The molecule has 0 aromatic heterocycles. The maximum absolute atomic E-state index is 5.33. The van der Waals surface area contributed by atoms with Crippen molar-refractivity contribution in [2.24, 2.45) is 0 Å². The van der Waals surface area contributed by atoms with Crippen LogP contribution in [0.5, 0.6) is 0 Å². The Labute approximate surface area is 49.8 Å². The third kappa shape index (κ3) is 1.46. The Bertz CT molecular complexity index is 84.5. The van der Waals surface area contributed by atoms with Gasteiger partial charge in [-0.1, -0.05) is 0 Å². The molecule has 8 heavy (non-hydrogen) atoms. The lowest BCUT2D eigenvalue weighted by molar-refractivity contribution is -0.0637. The van der Waals surface area contributed by atoms with Gasteiger partial charge in [-0.05, 0) is 20.8 Å². The molecule has 48 valence electrons. The fourth-order valence-corrected chi connectivity index (χ4v) is 0.668. The Balaban J connectivity index is 2.19. The summed E-state index contributed by atoms with van der Waals surface area (Å²) < 4.78 is 10.3. The highest BCUT2D eigenvalue weighted by Gasteiger charge is 2.41. The van der Waals surface area contributed by atoms with Crippen LogP contribution in [-0.4, -0.2) is 18.5 Å². The molecule has 0 amide bonds. The lowest BCUT2D eigenvalue weighted by Crippen LogP contribution is -2.16. The number of epoxide rings is 1. The van der Waals surface area contributed by atoms with Crippen LogP contribution in [0.3, 0.4) is 0 Å². The molecule has 2 nitrogen and oxygen atoms in total. The molecule has 0 saturated carbocycles. The standard InChI is InChI=1S/C6H12O2/c1-5(2)8-6(3)4-7-6/h5H,4H2,1-3H3. The van der Waals surface area contributed by atoms with Crippen LogP contribution >= 0.6 is 0 Å². The molecule has 1 rings (SSSR count). The zero-order valence-corrected chi connectivity index (χ0v) is 5.60. The van der Waals surface area contributed by atoms with Gasteiger partial charge in [-0.25, -0.2) is 0 Å². The van der Waals surface area contributed by atoms with Crippen LogP contribution < -0.4 is 0 Å². The van der Waals surface area contributed by atoms with Crippen molar-refractivity contribution in [3.05, 3.63) is 0 Å². The van der Waals surface area contributed by atoms with E-state index in [-0.39, 0.29) is 11.9 Å². The molecule has 1 aliphatic heterocycles. The van der Waals surface area contributed by atoms with Crippen LogP contribution in [0.2, 0.25) is 0 Å². The van der Waals surface area contributed by atoms with E-state index in [1.807, 2.05) is 20.8 Å². The van der Waals surface area contributed by atoms with Crippen molar-refractivity contribution in [2.45, 2.75) is 32.7 Å². The van der Waals surface area contributed by atoms with E-state index < -0.39 is 0 Å². The first-order chi connectivity index (χ1) is 3.62. The average Bonchev–Trinajstić information content (AvgIpc) is 2.17. The molecule has 0 aromatic rings. The smallest absolute Gasteiger partial charge is 0.189 e. The van der Waals surface area contributed by atoms with Gasteiger partial charge in [-0.3, -0.25) is 0 Å². The van der Waals surface area contributed by atoms with Gasteiger partial charge in [-0.2, -0.15) is 0 Å². The van der Waals surface area contributed by atoms with Crippen LogP contribution in [0, 0.1) is 0 Å². The van der Waals surface area contributed by atoms with E-state index in [0.717, 1.165) is 6.61 Å². The molecular weight excluding hydrogens is 104 g/mol. The van der Waals surface area contributed by atoms with Crippen LogP contribution in [-0.2, 0) is 9.47 Å². The monoisotopic (exact) mass is 116 g/mol. The van der Waals surface area contributed by atoms with Crippen molar-refractivity contribution in [1.29, 1.82) is 0 Å². The first-order valence-electron chi connectivity index (χ1n) is 2.94. The Morgan fingerprint density at radius 3 is 2.25 bits per heavy atom. The Morgan fingerprint density at radius 1 is 1.62 bits per heavy atom. The predicted molar refractivity (Wildman–Crippen MR) is 30.6 cm³/mol. The zero-order valence-electron chi connectivity index (χ0n) is 5.60. The highest BCUT2D eigenvalue weighted by molar-refractivity contribution is 4.75. The second-order valence-corrected chi connectivity index (χ2v) is 2.59. The van der Waals surface area contributed by atoms with E-state index in [2.05, 4.69) is 0 Å². The van der Waals surface area contributed by atoms with Gasteiger partial charge in [0.15, 0.2) is 5.79 Å². The number of hydrogen-bond acceptors (Lipinski definition) is 2. The third-order valence-electron chi connectivity index (χ3n) is 1.04. The lowest BCUT2D eigenvalue weighted by atomic mass is 10.4. The summed E-state index contributed by atoms with van der Waals surface area (Å²) in [7, 11) is 0. The van der Waals surface area contributed by atoms with Crippen molar-refractivity contribution in [3.63, 3.8) is 0 Å². The molecule has 0 aromatic carbocycles. The molecule has 0 bridgehead atoms. The first-order valence-corrected chi connectivity index (χ1v) is 2.94. The molecular formula is C6H12O2. The van der Waals surface area contributed by atoms with Gasteiger partial charge in [0.05, 0.1) is 6.10 Å². The average molecular weight is 116 g/mol. The minimum absolute atomic E-state index is 0.228. The number of rotatable bonds is 2. The summed E-state index contributed by atoms with van der Waals surface area (Å²) in [6.07, 6.45) is 0.280. The summed E-state index contributed by atoms with van der Waals surface area (Å²) >= 11 is 0. The van der Waals surface area contributed by atoms with E-state index in [0.29, 0.717) is 0 Å². The van der Waals surface area contributed by atoms with Crippen molar-refractivity contribution in [1.82, 2.24) is 0 Å². The quantitative estimate of drug-likeness (QED) is 0.505. The molecule has 0 radical (unpaired) electrons. The maximum Gasteiger partial charge on any atom is 0.189 e. The summed E-state index contributed by atoms with van der Waals surface area (Å²) in [6, 6.07) is 0. The Kier molecular flexibility index (Phi) is 1.29. The normalized spacial score (nSPS) is 36.0. The van der Waals surface area contributed by atoms with Gasteiger partial charge >= 0.3 is 0 Å². The van der Waals surface area contributed by atoms with Gasteiger partial charge < -0.3 is 9.47 Å². The van der Waals surface area contributed by atoms with Gasteiger partial charge in [0.1, 0.15) is 6.61 Å². The van der Waals surface area contributed by atoms with E-state index in [1.54, 1.807) is 0 Å². The minimum atomic E-state index is -0.228. The molecule has 1 heterocycles. The zero-order chi connectivity index (χ0) is 6.20. The second-order valence-electron chi connectivity index (χ2n) is 2.59. The molecule has 1 fully saturated rings. The van der Waals surface area contributed by atoms with E-state index in [1.165, 1.54) is 0 Å². The van der Waals surface area contributed by atoms with Crippen molar-refractivity contribution < 1.29 is 9.47 Å². The van der Waals surface area contributed by atoms with Gasteiger partial charge in [-0.15, -0.1) is 0 Å². The minimum Gasteiger partial charge on any atom is -0.345 e. The fraction of sp³-hybridized carbons (Fsp3) is 1.00. The summed E-state index contributed by atoms with van der Waals surface area (Å²) in [6.45, 7) is 6.72. The summed E-state index contributed by atoms with van der Waals surface area (Å²) in [5.74, 6) is -0.228. The molecule has 1 atom stereocenters. The molecule has 2 heteroatoms. The highest BCUT2D eigenvalue weighted by atomic mass is 16.8. The van der Waals surface area contributed by atoms with Crippen LogP contribution in [0.1, 0.15) is 20.8 Å². The third-order valence-corrected chi connectivity index (χ3v) is 1.04. The molecule has 1 aliphatic rings. The van der Waals surface area contributed by atoms with E-state index >= 15 is 0 Å². The van der Waals surface area contributed by atoms with E-state index in [4.69, 9.17) is 9.47 Å². The number of hydrogen-bond donors (Lipinski definition) is 0. The molecule has 0 aliphatic carbocycles. The van der Waals surface area contributed by atoms with E-state index in [9.17, 15) is 0 Å². The summed E-state index contributed by atoms with van der Waals surface area (Å²) in [4.78, 5) is 0. The summed E-state index contributed by atoms with van der Waals surface area (Å²) in [5.41, 5.74) is 0. The predicted octanol–water partition coefficient (Wildman–Crippen LogP) is 1.16. The first kappa shape index (κ1) is 6.05. The Morgan fingerprint density at radius 2 is 2.12 bits per heavy atom. The lowest BCUT2D eigenvalue weighted by Gasteiger charge is -2.09. The maximum atomic E-state index is 5.33. The van der Waals surface area contributed by atoms with Crippen molar-refractivity contribution >= 4 is 0 Å². The topological polar surface area (TPSA) is 21.8 Å². The molecule has 0 spiro atoms. The largest absolute Gasteiger partial charge is 0.345 e. The van der Waals surface area contributed by atoms with Gasteiger partial charge in [0.25, 0.3) is 0 Å². The fourth-order valence-electron chi connectivity index (χ4n) is 0.668. The molecule has 1 saturated heterocycles. The van der Waals surface area contributed by atoms with Crippen molar-refractivity contribution in [3.8, 4) is 0 Å². The second kappa shape index (κ2) is 1.71. The Hall–Kier alpha value is -0.0800. The SMILES string of the molecule is CC(C)OC1(C)CO1. The van der Waals surface area contributed by atoms with Crippen LogP contribution in [0.25, 0.3) is 0 Å². The highest BCUT2D eigenvalue weighted by Crippen LogP contribution is 2.28. The van der Waals surface area contributed by atoms with Crippen LogP contribution in [0.4, 0.5) is 0 Å². The van der Waals surface area contributed by atoms with Gasteiger partial charge in [0, 0.05) is 0 Å². The van der Waals surface area contributed by atoms with Crippen LogP contribution in [0.15, 0.2) is 0 Å². The van der Waals surface area contributed by atoms with Gasteiger partial charge in [0.2, 0.25) is 0 Å².